The van der Waals surface area contributed by atoms with Crippen molar-refractivity contribution in [3.8, 4) is 11.8 Å². The van der Waals surface area contributed by atoms with E-state index in [2.05, 4.69) is 21.7 Å². The van der Waals surface area contributed by atoms with Gasteiger partial charge in [0.15, 0.2) is 0 Å². The second-order valence-corrected chi connectivity index (χ2v) is 10.2. The van der Waals surface area contributed by atoms with E-state index >= 15 is 0 Å². The van der Waals surface area contributed by atoms with Crippen molar-refractivity contribution < 1.29 is 19.1 Å². The Morgan fingerprint density at radius 2 is 2.14 bits per heavy atom. The Bertz CT molecular complexity index is 1190. The molecule has 0 radical (unpaired) electrons. The highest BCUT2D eigenvalue weighted by Crippen LogP contribution is 2.48. The molecule has 0 bridgehead atoms. The molecular formula is C26H31N5O4. The monoisotopic (exact) mass is 477 g/mol. The summed E-state index contributed by atoms with van der Waals surface area (Å²) in [5.41, 5.74) is 1.15. The molecule has 3 aliphatic rings. The maximum Gasteiger partial charge on any atom is 0.271 e. The lowest BCUT2D eigenvalue weighted by molar-refractivity contribution is -0.126. The average molecular weight is 478 g/mol. The minimum atomic E-state index is -0.772. The molecule has 2 aromatic rings. The summed E-state index contributed by atoms with van der Waals surface area (Å²) >= 11 is 0. The van der Waals surface area contributed by atoms with Gasteiger partial charge in [-0.2, -0.15) is 5.26 Å². The molecule has 1 aromatic heterocycles. The van der Waals surface area contributed by atoms with Crippen molar-refractivity contribution in [2.45, 2.75) is 57.0 Å². The number of fused-ring (bicyclic) bond motifs is 1. The highest BCUT2D eigenvalue weighted by atomic mass is 16.5. The van der Waals surface area contributed by atoms with E-state index in [4.69, 9.17) is 4.74 Å². The number of amides is 3. The van der Waals surface area contributed by atoms with Crippen molar-refractivity contribution in [1.29, 1.82) is 5.26 Å². The number of carbonyl (C=O) groups is 3. The third-order valence-electron chi connectivity index (χ3n) is 7.97. The number of aromatic nitrogens is 1. The molecule has 9 nitrogen and oxygen atoms in total. The Morgan fingerprint density at radius 1 is 1.34 bits per heavy atom. The topological polar surface area (TPSA) is 127 Å². The number of hydrogen-bond donors (Lipinski definition) is 3. The van der Waals surface area contributed by atoms with E-state index in [0.29, 0.717) is 37.4 Å². The number of H-pyrrole nitrogens is 1. The Labute approximate surface area is 204 Å². The largest absolute Gasteiger partial charge is 0.496 e. The van der Waals surface area contributed by atoms with Crippen LogP contribution in [-0.4, -0.2) is 59.9 Å². The number of hydrogen-bond acceptors (Lipinski definition) is 5. The van der Waals surface area contributed by atoms with E-state index in [1.165, 1.54) is 0 Å². The number of ether oxygens (including phenoxy) is 1. The van der Waals surface area contributed by atoms with Crippen molar-refractivity contribution in [2.75, 3.05) is 20.2 Å². The minimum Gasteiger partial charge on any atom is -0.496 e. The summed E-state index contributed by atoms with van der Waals surface area (Å²) < 4.78 is 5.43. The SMILES string of the molecule is COc1cccc2[nH]c(C(=O)N3CC4(CCCC4)C[C@H]3C(=O)NC(C#N)CC3CCNC3=O)cc12. The van der Waals surface area contributed by atoms with Gasteiger partial charge in [-0.3, -0.25) is 14.4 Å². The van der Waals surface area contributed by atoms with Gasteiger partial charge in [0, 0.05) is 29.9 Å². The van der Waals surface area contributed by atoms with Crippen LogP contribution in [-0.2, 0) is 9.59 Å². The second-order valence-electron chi connectivity index (χ2n) is 10.2. The van der Waals surface area contributed by atoms with Crippen LogP contribution >= 0.6 is 0 Å². The summed E-state index contributed by atoms with van der Waals surface area (Å²) in [7, 11) is 1.59. The molecule has 1 spiro atoms. The van der Waals surface area contributed by atoms with Gasteiger partial charge in [0.05, 0.1) is 13.2 Å². The molecule has 2 unspecified atom stereocenters. The van der Waals surface area contributed by atoms with E-state index in [9.17, 15) is 19.6 Å². The van der Waals surface area contributed by atoms with E-state index in [-0.39, 0.29) is 35.5 Å². The molecule has 3 N–H and O–H groups in total. The number of nitriles is 1. The summed E-state index contributed by atoms with van der Waals surface area (Å²) in [5, 5.41) is 16.1. The van der Waals surface area contributed by atoms with Crippen molar-refractivity contribution >= 4 is 28.6 Å². The molecule has 3 fully saturated rings. The number of nitrogens with one attached hydrogen (secondary N) is 3. The molecule has 3 heterocycles. The van der Waals surface area contributed by atoms with Crippen molar-refractivity contribution in [1.82, 2.24) is 20.5 Å². The predicted molar refractivity (Wildman–Crippen MR) is 128 cm³/mol. The number of methoxy groups -OCH3 is 1. The van der Waals surface area contributed by atoms with E-state index in [0.717, 1.165) is 36.6 Å². The first-order valence-corrected chi connectivity index (χ1v) is 12.4. The molecule has 9 heteroatoms. The van der Waals surface area contributed by atoms with Crippen LogP contribution in [0.5, 0.6) is 5.75 Å². The Kier molecular flexibility index (Phi) is 6.13. The van der Waals surface area contributed by atoms with Gasteiger partial charge in [-0.15, -0.1) is 0 Å². The van der Waals surface area contributed by atoms with Gasteiger partial charge in [-0.05, 0) is 55.7 Å². The van der Waals surface area contributed by atoms with Crippen LogP contribution in [0.1, 0.15) is 55.4 Å². The molecule has 3 atom stereocenters. The molecule has 35 heavy (non-hydrogen) atoms. The normalized spacial score (nSPS) is 23.9. The molecule has 1 saturated carbocycles. The van der Waals surface area contributed by atoms with Gasteiger partial charge >= 0.3 is 0 Å². The first-order chi connectivity index (χ1) is 16.9. The van der Waals surface area contributed by atoms with Gasteiger partial charge in [0.2, 0.25) is 11.8 Å². The zero-order chi connectivity index (χ0) is 24.6. The zero-order valence-corrected chi connectivity index (χ0v) is 19.9. The van der Waals surface area contributed by atoms with Gasteiger partial charge < -0.3 is 25.3 Å². The third kappa shape index (κ3) is 4.33. The predicted octanol–water partition coefficient (Wildman–Crippen LogP) is 2.49. The van der Waals surface area contributed by atoms with E-state index in [1.54, 1.807) is 18.1 Å². The van der Waals surface area contributed by atoms with Crippen LogP contribution in [0, 0.1) is 22.7 Å². The Morgan fingerprint density at radius 3 is 2.83 bits per heavy atom. The fraction of sp³-hybridized carbons (Fsp3) is 0.538. The Hall–Kier alpha value is -3.54. The van der Waals surface area contributed by atoms with Crippen LogP contribution in [0.4, 0.5) is 0 Å². The number of carbonyl (C=O) groups excluding carboxylic acids is 3. The first-order valence-electron chi connectivity index (χ1n) is 12.4. The van der Waals surface area contributed by atoms with Crippen LogP contribution in [0.15, 0.2) is 24.3 Å². The molecule has 5 rings (SSSR count). The number of aromatic amines is 1. The fourth-order valence-electron chi connectivity index (χ4n) is 6.13. The second kappa shape index (κ2) is 9.25. The Balaban J connectivity index is 1.38. The number of likely N-dealkylation sites (tertiary alicyclic amines) is 1. The minimum absolute atomic E-state index is 0.0607. The lowest BCUT2D eigenvalue weighted by Gasteiger charge is -2.25. The number of rotatable bonds is 6. The zero-order valence-electron chi connectivity index (χ0n) is 19.9. The van der Waals surface area contributed by atoms with Gasteiger partial charge in [0.25, 0.3) is 5.91 Å². The summed E-state index contributed by atoms with van der Waals surface area (Å²) in [6, 6.07) is 8.08. The summed E-state index contributed by atoms with van der Waals surface area (Å²) in [5.74, 6) is -0.217. The fourth-order valence-corrected chi connectivity index (χ4v) is 6.13. The van der Waals surface area contributed by atoms with Crippen molar-refractivity contribution in [3.05, 3.63) is 30.0 Å². The molecule has 1 aromatic carbocycles. The summed E-state index contributed by atoms with van der Waals surface area (Å²) in [4.78, 5) is 44.0. The lowest BCUT2D eigenvalue weighted by atomic mass is 9.84. The maximum atomic E-state index is 13.7. The highest BCUT2D eigenvalue weighted by Gasteiger charge is 2.50. The van der Waals surface area contributed by atoms with Crippen LogP contribution in [0.3, 0.4) is 0 Å². The van der Waals surface area contributed by atoms with Crippen LogP contribution in [0.25, 0.3) is 10.9 Å². The van der Waals surface area contributed by atoms with Gasteiger partial charge in [-0.1, -0.05) is 18.9 Å². The lowest BCUT2D eigenvalue weighted by Crippen LogP contribution is -2.49. The summed E-state index contributed by atoms with van der Waals surface area (Å²) in [6.07, 6.45) is 5.71. The average Bonchev–Trinajstić information content (AvgIpc) is 3.65. The van der Waals surface area contributed by atoms with Crippen LogP contribution in [0.2, 0.25) is 0 Å². The quantitative estimate of drug-likeness (QED) is 0.589. The van der Waals surface area contributed by atoms with E-state index in [1.807, 2.05) is 18.2 Å². The molecule has 184 valence electrons. The third-order valence-corrected chi connectivity index (χ3v) is 7.97. The molecule has 2 saturated heterocycles. The number of benzene rings is 1. The maximum absolute atomic E-state index is 13.7. The van der Waals surface area contributed by atoms with Crippen molar-refractivity contribution in [2.24, 2.45) is 11.3 Å². The highest BCUT2D eigenvalue weighted by molar-refractivity contribution is 6.02. The first kappa shape index (κ1) is 23.2. The van der Waals surface area contributed by atoms with E-state index < -0.39 is 12.1 Å². The number of nitrogens with zero attached hydrogens (tertiary/aromatic N) is 2. The summed E-state index contributed by atoms with van der Waals surface area (Å²) in [6.45, 7) is 1.12. The molecule has 3 amide bonds. The molecule has 1 aliphatic carbocycles. The standard InChI is InChI=1S/C26H31N5O4/c1-35-22-6-4-5-19-18(22)12-20(30-19)25(34)31-15-26(8-2-3-9-26)13-21(31)24(33)29-17(14-27)11-16-7-10-28-23(16)32/h4-6,12,16-17,21,30H,2-3,7-11,13,15H2,1H3,(H,28,32)(H,29,33)/t16?,17?,21-/m0/s1. The van der Waals surface area contributed by atoms with Crippen molar-refractivity contribution in [3.63, 3.8) is 0 Å². The molecular weight excluding hydrogens is 446 g/mol. The van der Waals surface area contributed by atoms with Gasteiger partial charge in [-0.25, -0.2) is 0 Å². The van der Waals surface area contributed by atoms with Crippen LogP contribution < -0.4 is 15.4 Å². The molecule has 2 aliphatic heterocycles. The smallest absolute Gasteiger partial charge is 0.271 e. The van der Waals surface area contributed by atoms with Gasteiger partial charge in [0.1, 0.15) is 23.5 Å².